The molecule has 2 atom stereocenters. The van der Waals surface area contributed by atoms with Crippen molar-refractivity contribution in [1.29, 1.82) is 0 Å². The van der Waals surface area contributed by atoms with Crippen molar-refractivity contribution in [2.45, 2.75) is 36.8 Å². The second kappa shape index (κ2) is 8.34. The smallest absolute Gasteiger partial charge is 0.198 e. The van der Waals surface area contributed by atoms with E-state index in [9.17, 15) is 13.5 Å². The Kier molecular flexibility index (Phi) is 5.77. The number of β-amino-alcohol motifs (C(OH)–C–C–N with tert-alkyl or cyclic N) is 1. The van der Waals surface area contributed by atoms with Crippen LogP contribution in [0.2, 0.25) is 0 Å². The third kappa shape index (κ3) is 4.64. The van der Waals surface area contributed by atoms with Crippen molar-refractivity contribution in [3.05, 3.63) is 71.9 Å². The predicted molar refractivity (Wildman–Crippen MR) is 115 cm³/mol. The maximum absolute atomic E-state index is 11.6. The largest absolute Gasteiger partial charge is 0.448 e. The van der Waals surface area contributed by atoms with Gasteiger partial charge >= 0.3 is 0 Å². The zero-order valence-electron chi connectivity index (χ0n) is 17.2. The summed E-state index contributed by atoms with van der Waals surface area (Å²) in [5.74, 6) is 0.668. The Morgan fingerprint density at radius 2 is 1.77 bits per heavy atom. The fourth-order valence-electron chi connectivity index (χ4n) is 3.79. The van der Waals surface area contributed by atoms with E-state index in [0.717, 1.165) is 35.3 Å². The molecule has 6 nitrogen and oxygen atoms in total. The monoisotopic (exact) mass is 426 g/mol. The van der Waals surface area contributed by atoms with Gasteiger partial charge in [-0.3, -0.25) is 4.90 Å². The summed E-state index contributed by atoms with van der Waals surface area (Å²) < 4.78 is 28.9. The van der Waals surface area contributed by atoms with Crippen LogP contribution in [0.3, 0.4) is 0 Å². The minimum Gasteiger partial charge on any atom is -0.448 e. The van der Waals surface area contributed by atoms with Crippen LogP contribution in [0.15, 0.2) is 64.1 Å². The van der Waals surface area contributed by atoms with Crippen LogP contribution >= 0.6 is 0 Å². The van der Waals surface area contributed by atoms with Crippen molar-refractivity contribution in [2.24, 2.45) is 0 Å². The van der Waals surface area contributed by atoms with Gasteiger partial charge < -0.3 is 9.52 Å². The van der Waals surface area contributed by atoms with Crippen LogP contribution in [0, 0.1) is 0 Å². The van der Waals surface area contributed by atoms with Gasteiger partial charge in [-0.1, -0.05) is 36.4 Å². The van der Waals surface area contributed by atoms with Crippen molar-refractivity contribution >= 4 is 9.84 Å². The van der Waals surface area contributed by atoms with E-state index in [1.807, 2.05) is 36.4 Å². The average molecular weight is 427 g/mol. The first-order chi connectivity index (χ1) is 14.3. The number of aromatic nitrogens is 1. The Labute approximate surface area is 177 Å². The number of hydrogen-bond donors (Lipinski definition) is 1. The van der Waals surface area contributed by atoms with E-state index in [4.69, 9.17) is 4.42 Å². The zero-order valence-corrected chi connectivity index (χ0v) is 18.0. The van der Waals surface area contributed by atoms with E-state index >= 15 is 0 Å². The third-order valence-electron chi connectivity index (χ3n) is 5.67. The van der Waals surface area contributed by atoms with Crippen LogP contribution in [0.1, 0.15) is 36.5 Å². The first kappa shape index (κ1) is 20.8. The molecule has 0 bridgehead atoms. The SMILES string of the molecule is CC(c1coc(Cc2ccc(-c3ccc(S(C)(=O)=O)cc3)cc2)n1)N1CC[C@@H](O)C1. The molecule has 1 fully saturated rings. The molecule has 1 unspecified atom stereocenters. The summed E-state index contributed by atoms with van der Waals surface area (Å²) in [7, 11) is -3.19. The fraction of sp³-hybridized carbons (Fsp3) is 0.348. The third-order valence-corrected chi connectivity index (χ3v) is 6.79. The van der Waals surface area contributed by atoms with Gasteiger partial charge in [0, 0.05) is 25.8 Å². The summed E-state index contributed by atoms with van der Waals surface area (Å²) in [6, 6.07) is 15.1. The van der Waals surface area contributed by atoms with Gasteiger partial charge in [0.05, 0.1) is 22.7 Å². The molecule has 0 aliphatic carbocycles. The highest BCUT2D eigenvalue weighted by Crippen LogP contribution is 2.26. The molecule has 1 N–H and O–H groups in total. The number of hydrogen-bond acceptors (Lipinski definition) is 6. The van der Waals surface area contributed by atoms with Gasteiger partial charge in [0.1, 0.15) is 6.26 Å². The number of rotatable bonds is 6. The lowest BCUT2D eigenvalue weighted by atomic mass is 10.0. The summed E-state index contributed by atoms with van der Waals surface area (Å²) in [5.41, 5.74) is 3.97. The Balaban J connectivity index is 1.42. The molecule has 0 spiro atoms. The number of benzene rings is 2. The minimum atomic E-state index is -3.19. The van der Waals surface area contributed by atoms with Crippen LogP contribution in [-0.4, -0.2) is 48.9 Å². The van der Waals surface area contributed by atoms with Crippen LogP contribution in [0.5, 0.6) is 0 Å². The molecular formula is C23H26N2O4S. The topological polar surface area (TPSA) is 83.6 Å². The molecule has 2 heterocycles. The Bertz CT molecular complexity index is 1100. The van der Waals surface area contributed by atoms with Gasteiger partial charge in [-0.15, -0.1) is 0 Å². The van der Waals surface area contributed by atoms with Gasteiger partial charge in [0.15, 0.2) is 15.7 Å². The lowest BCUT2D eigenvalue weighted by Gasteiger charge is -2.21. The highest BCUT2D eigenvalue weighted by molar-refractivity contribution is 7.90. The molecule has 4 rings (SSSR count). The molecule has 1 aromatic heterocycles. The van der Waals surface area contributed by atoms with Crippen molar-refractivity contribution < 1.29 is 17.9 Å². The molecule has 0 radical (unpaired) electrons. The molecule has 1 saturated heterocycles. The van der Waals surface area contributed by atoms with Gasteiger partial charge in [-0.25, -0.2) is 13.4 Å². The van der Waals surface area contributed by atoms with Crippen molar-refractivity contribution in [3.8, 4) is 11.1 Å². The number of aliphatic hydroxyl groups is 1. The highest BCUT2D eigenvalue weighted by Gasteiger charge is 2.27. The van der Waals surface area contributed by atoms with Gasteiger partial charge in [0.25, 0.3) is 0 Å². The van der Waals surface area contributed by atoms with Crippen LogP contribution < -0.4 is 0 Å². The first-order valence-electron chi connectivity index (χ1n) is 10.1. The molecule has 7 heteroatoms. The maximum Gasteiger partial charge on any atom is 0.198 e. The molecular weight excluding hydrogens is 400 g/mol. The number of nitrogens with zero attached hydrogens (tertiary/aromatic N) is 2. The fourth-order valence-corrected chi connectivity index (χ4v) is 4.42. The van der Waals surface area contributed by atoms with Crippen molar-refractivity contribution in [3.63, 3.8) is 0 Å². The first-order valence-corrected chi connectivity index (χ1v) is 11.9. The summed E-state index contributed by atoms with van der Waals surface area (Å²) in [6.45, 7) is 3.64. The van der Waals surface area contributed by atoms with E-state index in [-0.39, 0.29) is 12.1 Å². The maximum atomic E-state index is 11.6. The van der Waals surface area contributed by atoms with Crippen LogP contribution in [0.4, 0.5) is 0 Å². The van der Waals surface area contributed by atoms with E-state index in [2.05, 4.69) is 16.8 Å². The summed E-state index contributed by atoms with van der Waals surface area (Å²) >= 11 is 0. The minimum absolute atomic E-state index is 0.122. The summed E-state index contributed by atoms with van der Waals surface area (Å²) in [6.07, 6.45) is 4.07. The Hall–Kier alpha value is -2.48. The highest BCUT2D eigenvalue weighted by atomic mass is 32.2. The lowest BCUT2D eigenvalue weighted by Crippen LogP contribution is -2.25. The molecule has 158 valence electrons. The van der Waals surface area contributed by atoms with E-state index in [1.165, 1.54) is 6.26 Å². The molecule has 3 aromatic rings. The lowest BCUT2D eigenvalue weighted by molar-refractivity contribution is 0.162. The average Bonchev–Trinajstić information content (AvgIpc) is 3.37. The van der Waals surface area contributed by atoms with Gasteiger partial charge in [-0.05, 0) is 42.2 Å². The molecule has 2 aromatic carbocycles. The van der Waals surface area contributed by atoms with Crippen LogP contribution in [0.25, 0.3) is 11.1 Å². The zero-order chi connectivity index (χ0) is 21.3. The van der Waals surface area contributed by atoms with E-state index in [0.29, 0.717) is 23.8 Å². The number of aliphatic hydroxyl groups excluding tert-OH is 1. The molecule has 1 aliphatic heterocycles. The second-order valence-electron chi connectivity index (χ2n) is 7.95. The number of sulfone groups is 1. The Morgan fingerprint density at radius 3 is 2.33 bits per heavy atom. The molecule has 30 heavy (non-hydrogen) atoms. The standard InChI is InChI=1S/C23H26N2O4S/c1-16(25-12-11-20(26)14-25)22-15-29-23(24-22)13-17-3-5-18(6-4-17)19-7-9-21(10-8-19)30(2,27)28/h3-10,15-16,20,26H,11-14H2,1-2H3/t16?,20-/m1/s1. The summed E-state index contributed by atoms with van der Waals surface area (Å²) in [4.78, 5) is 7.18. The predicted octanol–water partition coefficient (Wildman–Crippen LogP) is 3.46. The normalized spacial score (nSPS) is 18.6. The van der Waals surface area contributed by atoms with Crippen molar-refractivity contribution in [1.82, 2.24) is 9.88 Å². The van der Waals surface area contributed by atoms with E-state index in [1.54, 1.807) is 18.4 Å². The molecule has 0 saturated carbocycles. The van der Waals surface area contributed by atoms with Crippen molar-refractivity contribution in [2.75, 3.05) is 19.3 Å². The molecule has 0 amide bonds. The Morgan fingerprint density at radius 1 is 1.13 bits per heavy atom. The molecule has 1 aliphatic rings. The number of likely N-dealkylation sites (tertiary alicyclic amines) is 1. The quantitative estimate of drug-likeness (QED) is 0.650. The second-order valence-corrected chi connectivity index (χ2v) is 9.97. The number of oxazole rings is 1. The summed E-state index contributed by atoms with van der Waals surface area (Å²) in [5, 5.41) is 9.74. The van der Waals surface area contributed by atoms with Crippen LogP contribution in [-0.2, 0) is 16.3 Å². The van der Waals surface area contributed by atoms with E-state index < -0.39 is 9.84 Å². The van der Waals surface area contributed by atoms with Gasteiger partial charge in [-0.2, -0.15) is 0 Å². The van der Waals surface area contributed by atoms with Gasteiger partial charge in [0.2, 0.25) is 0 Å².